The lowest BCUT2D eigenvalue weighted by Gasteiger charge is -2.10. The second kappa shape index (κ2) is 7.52. The Labute approximate surface area is 153 Å². The predicted molar refractivity (Wildman–Crippen MR) is 98.1 cm³/mol. The fourth-order valence-corrected chi connectivity index (χ4v) is 2.54. The molecule has 0 atom stereocenters. The Bertz CT molecular complexity index is 1060. The SMILES string of the molecule is COc1cc2ccccc2cc1C(=O)N/N=C\c1cc([N+](=O)[O-])ccc1[O-]. The summed E-state index contributed by atoms with van der Waals surface area (Å²) in [6.07, 6.45) is 1.07. The van der Waals surface area contributed by atoms with E-state index in [2.05, 4.69) is 10.5 Å². The second-order valence-corrected chi connectivity index (χ2v) is 5.58. The van der Waals surface area contributed by atoms with Crippen LogP contribution in [-0.4, -0.2) is 24.2 Å². The van der Waals surface area contributed by atoms with E-state index >= 15 is 0 Å². The maximum atomic E-state index is 12.4. The number of carbonyl (C=O) groups is 1. The number of hydrazone groups is 1. The Balaban J connectivity index is 1.84. The first kappa shape index (κ1) is 17.9. The van der Waals surface area contributed by atoms with Gasteiger partial charge in [0.05, 0.1) is 23.8 Å². The molecule has 0 aliphatic carbocycles. The van der Waals surface area contributed by atoms with Gasteiger partial charge in [0, 0.05) is 12.1 Å². The van der Waals surface area contributed by atoms with Crippen LogP contribution < -0.4 is 15.3 Å². The summed E-state index contributed by atoms with van der Waals surface area (Å²) in [5.41, 5.74) is 2.34. The number of ether oxygens (including phenoxy) is 1. The minimum Gasteiger partial charge on any atom is -0.872 e. The Kier molecular flexibility index (Phi) is 4.98. The number of carbonyl (C=O) groups excluding carboxylic acids is 1. The van der Waals surface area contributed by atoms with Crippen LogP contribution in [0.5, 0.6) is 11.5 Å². The minimum absolute atomic E-state index is 0.00465. The van der Waals surface area contributed by atoms with E-state index in [4.69, 9.17) is 4.74 Å². The first-order valence-electron chi connectivity index (χ1n) is 7.85. The zero-order chi connectivity index (χ0) is 19.4. The van der Waals surface area contributed by atoms with Gasteiger partial charge in [0.15, 0.2) is 0 Å². The molecule has 0 unspecified atom stereocenters. The van der Waals surface area contributed by atoms with Crippen LogP contribution in [0.2, 0.25) is 0 Å². The summed E-state index contributed by atoms with van der Waals surface area (Å²) < 4.78 is 5.26. The number of methoxy groups -OCH3 is 1. The number of benzene rings is 3. The highest BCUT2D eigenvalue weighted by Gasteiger charge is 2.13. The molecular formula is C19H14N3O5-. The van der Waals surface area contributed by atoms with Crippen molar-refractivity contribution in [2.45, 2.75) is 0 Å². The molecule has 0 saturated heterocycles. The summed E-state index contributed by atoms with van der Waals surface area (Å²) in [4.78, 5) is 22.6. The highest BCUT2D eigenvalue weighted by molar-refractivity contribution is 6.02. The third kappa shape index (κ3) is 3.84. The van der Waals surface area contributed by atoms with Gasteiger partial charge in [0.1, 0.15) is 5.75 Å². The number of non-ortho nitro benzene ring substituents is 1. The van der Waals surface area contributed by atoms with Crippen LogP contribution in [0.15, 0.2) is 59.7 Å². The lowest BCUT2D eigenvalue weighted by Crippen LogP contribution is -2.18. The van der Waals surface area contributed by atoms with Gasteiger partial charge in [-0.05, 0) is 28.5 Å². The highest BCUT2D eigenvalue weighted by atomic mass is 16.6. The molecule has 0 bridgehead atoms. The van der Waals surface area contributed by atoms with E-state index in [1.807, 2.05) is 24.3 Å². The van der Waals surface area contributed by atoms with E-state index < -0.39 is 16.6 Å². The number of hydrogen-bond donors (Lipinski definition) is 1. The summed E-state index contributed by atoms with van der Waals surface area (Å²) in [5, 5.41) is 28.0. The minimum atomic E-state index is -0.616. The van der Waals surface area contributed by atoms with Gasteiger partial charge < -0.3 is 9.84 Å². The normalized spacial score (nSPS) is 10.9. The molecule has 136 valence electrons. The number of rotatable bonds is 5. The largest absolute Gasteiger partial charge is 0.872 e. The number of nitrogens with one attached hydrogen (secondary N) is 1. The van der Waals surface area contributed by atoms with Crippen molar-refractivity contribution in [3.63, 3.8) is 0 Å². The van der Waals surface area contributed by atoms with Gasteiger partial charge in [-0.3, -0.25) is 14.9 Å². The molecule has 0 aliphatic rings. The molecule has 0 saturated carbocycles. The summed E-state index contributed by atoms with van der Waals surface area (Å²) >= 11 is 0. The van der Waals surface area contributed by atoms with Gasteiger partial charge in [-0.2, -0.15) is 5.10 Å². The second-order valence-electron chi connectivity index (χ2n) is 5.58. The molecule has 3 aromatic rings. The molecule has 1 N–H and O–H groups in total. The molecule has 0 radical (unpaired) electrons. The molecule has 3 rings (SSSR count). The van der Waals surface area contributed by atoms with E-state index in [1.165, 1.54) is 7.11 Å². The molecule has 0 fully saturated rings. The first-order chi connectivity index (χ1) is 13.0. The quantitative estimate of drug-likeness (QED) is 0.424. The number of hydrogen-bond acceptors (Lipinski definition) is 6. The number of fused-ring (bicyclic) bond motifs is 1. The first-order valence-corrected chi connectivity index (χ1v) is 7.85. The van der Waals surface area contributed by atoms with Crippen LogP contribution in [0.1, 0.15) is 15.9 Å². The lowest BCUT2D eigenvalue weighted by atomic mass is 10.1. The van der Waals surface area contributed by atoms with Crippen LogP contribution in [0.3, 0.4) is 0 Å². The number of nitro benzene ring substituents is 1. The third-order valence-corrected chi connectivity index (χ3v) is 3.89. The van der Waals surface area contributed by atoms with Crippen LogP contribution in [-0.2, 0) is 0 Å². The molecule has 0 heterocycles. The van der Waals surface area contributed by atoms with Crippen molar-refractivity contribution in [3.05, 3.63) is 75.8 Å². The molecule has 1 amide bonds. The molecule has 27 heavy (non-hydrogen) atoms. The number of nitro groups is 1. The Morgan fingerprint density at radius 2 is 1.85 bits per heavy atom. The van der Waals surface area contributed by atoms with Gasteiger partial charge in [0.2, 0.25) is 0 Å². The van der Waals surface area contributed by atoms with Crippen molar-refractivity contribution in [1.29, 1.82) is 0 Å². The van der Waals surface area contributed by atoms with Crippen molar-refractivity contribution in [2.24, 2.45) is 5.10 Å². The smallest absolute Gasteiger partial charge is 0.275 e. The zero-order valence-electron chi connectivity index (χ0n) is 14.2. The average molecular weight is 364 g/mol. The van der Waals surface area contributed by atoms with Crippen LogP contribution in [0, 0.1) is 10.1 Å². The third-order valence-electron chi connectivity index (χ3n) is 3.89. The van der Waals surface area contributed by atoms with Crippen molar-refractivity contribution in [2.75, 3.05) is 7.11 Å². The number of nitrogens with zero attached hydrogens (tertiary/aromatic N) is 2. The molecule has 0 aliphatic heterocycles. The Morgan fingerprint density at radius 1 is 1.15 bits per heavy atom. The predicted octanol–water partition coefficient (Wildman–Crippen LogP) is 2.59. The van der Waals surface area contributed by atoms with E-state index in [-0.39, 0.29) is 16.8 Å². The Hall–Kier alpha value is -3.94. The highest BCUT2D eigenvalue weighted by Crippen LogP contribution is 2.26. The van der Waals surface area contributed by atoms with Crippen LogP contribution in [0.25, 0.3) is 10.8 Å². The summed E-state index contributed by atoms with van der Waals surface area (Å²) in [6, 6.07) is 14.2. The van der Waals surface area contributed by atoms with Gasteiger partial charge in [-0.15, -0.1) is 0 Å². The van der Waals surface area contributed by atoms with E-state index in [9.17, 15) is 20.0 Å². The molecular weight excluding hydrogens is 350 g/mol. The van der Waals surface area contributed by atoms with E-state index in [1.54, 1.807) is 12.1 Å². The van der Waals surface area contributed by atoms with Crippen LogP contribution in [0.4, 0.5) is 5.69 Å². The summed E-state index contributed by atoms with van der Waals surface area (Å²) in [7, 11) is 1.46. The average Bonchev–Trinajstić information content (AvgIpc) is 2.68. The molecule has 8 nitrogen and oxygen atoms in total. The van der Waals surface area contributed by atoms with Crippen molar-refractivity contribution < 1.29 is 19.6 Å². The fraction of sp³-hybridized carbons (Fsp3) is 0.0526. The summed E-state index contributed by atoms with van der Waals surface area (Å²) in [6.45, 7) is 0. The zero-order valence-corrected chi connectivity index (χ0v) is 14.2. The molecule has 0 aromatic heterocycles. The van der Waals surface area contributed by atoms with Crippen molar-refractivity contribution >= 4 is 28.6 Å². The fourth-order valence-electron chi connectivity index (χ4n) is 2.54. The van der Waals surface area contributed by atoms with Gasteiger partial charge in [-0.1, -0.05) is 36.1 Å². The monoisotopic (exact) mass is 364 g/mol. The van der Waals surface area contributed by atoms with Gasteiger partial charge >= 0.3 is 0 Å². The topological polar surface area (TPSA) is 117 Å². The van der Waals surface area contributed by atoms with E-state index in [0.29, 0.717) is 5.75 Å². The lowest BCUT2D eigenvalue weighted by molar-refractivity contribution is -0.385. The van der Waals surface area contributed by atoms with Gasteiger partial charge in [0.25, 0.3) is 11.6 Å². The Morgan fingerprint density at radius 3 is 2.52 bits per heavy atom. The number of amides is 1. The van der Waals surface area contributed by atoms with Gasteiger partial charge in [-0.25, -0.2) is 5.43 Å². The van der Waals surface area contributed by atoms with Crippen LogP contribution >= 0.6 is 0 Å². The molecule has 3 aromatic carbocycles. The molecule has 8 heteroatoms. The maximum Gasteiger partial charge on any atom is 0.275 e. The maximum absolute atomic E-state index is 12.4. The standard InChI is InChI=1S/C19H15N3O5/c1-27-18-10-13-5-3-2-4-12(13)9-16(18)19(24)21-20-11-14-8-15(22(25)26)6-7-17(14)23/h2-11,23H,1H3,(H,21,24)/p-1/b20-11-. The van der Waals surface area contributed by atoms with E-state index in [0.717, 1.165) is 35.2 Å². The van der Waals surface area contributed by atoms with Crippen molar-refractivity contribution in [3.8, 4) is 11.5 Å². The summed E-state index contributed by atoms with van der Waals surface area (Å²) in [5.74, 6) is -0.602. The molecule has 0 spiro atoms. The van der Waals surface area contributed by atoms with Crippen molar-refractivity contribution in [1.82, 2.24) is 5.43 Å².